The maximum absolute atomic E-state index is 12.6. The molecule has 1 amide bonds. The summed E-state index contributed by atoms with van der Waals surface area (Å²) in [6, 6.07) is 16.9. The molecule has 1 heterocycles. The third-order valence-electron chi connectivity index (χ3n) is 4.25. The van der Waals surface area contributed by atoms with Gasteiger partial charge in [0, 0.05) is 18.2 Å². The predicted octanol–water partition coefficient (Wildman–Crippen LogP) is 2.73. The van der Waals surface area contributed by atoms with E-state index in [0.717, 1.165) is 5.56 Å². The molecule has 3 aromatic rings. The van der Waals surface area contributed by atoms with E-state index in [1.165, 1.54) is 43.8 Å². The number of sulfonamides is 1. The Labute approximate surface area is 191 Å². The van der Waals surface area contributed by atoms with E-state index in [0.29, 0.717) is 18.5 Å². The van der Waals surface area contributed by atoms with E-state index in [9.17, 15) is 13.2 Å². The number of methoxy groups -OCH3 is 1. The van der Waals surface area contributed by atoms with Crippen LogP contribution in [0, 0.1) is 0 Å². The number of benzene rings is 2. The summed E-state index contributed by atoms with van der Waals surface area (Å²) in [5.74, 6) is 0.102. The van der Waals surface area contributed by atoms with Crippen molar-refractivity contribution in [2.24, 2.45) is 0 Å². The van der Waals surface area contributed by atoms with E-state index in [2.05, 4.69) is 25.3 Å². The Kier molecular flexibility index (Phi) is 7.68. The van der Waals surface area contributed by atoms with E-state index in [-0.39, 0.29) is 27.6 Å². The minimum atomic E-state index is -3.86. The molecule has 3 rings (SSSR count). The number of thiocarbonyl (C=S) groups is 1. The summed E-state index contributed by atoms with van der Waals surface area (Å²) in [7, 11) is -2.44. The van der Waals surface area contributed by atoms with Crippen LogP contribution in [0.2, 0.25) is 0 Å². The van der Waals surface area contributed by atoms with Gasteiger partial charge in [-0.05, 0) is 48.5 Å². The van der Waals surface area contributed by atoms with E-state index < -0.39 is 10.0 Å². The number of nitrogens with zero attached hydrogens (tertiary/aromatic N) is 2. The molecule has 0 aliphatic rings. The number of hydrogen-bond acceptors (Lipinski definition) is 7. The summed E-state index contributed by atoms with van der Waals surface area (Å²) in [5, 5.41) is 5.60. The molecule has 2 aromatic carbocycles. The van der Waals surface area contributed by atoms with Gasteiger partial charge in [0.05, 0.1) is 12.0 Å². The number of hydrogen-bond donors (Lipinski definition) is 3. The molecular weight excluding hydrogens is 450 g/mol. The van der Waals surface area contributed by atoms with Gasteiger partial charge in [-0.1, -0.05) is 30.3 Å². The lowest BCUT2D eigenvalue weighted by Gasteiger charge is -2.11. The molecule has 0 fully saturated rings. The van der Waals surface area contributed by atoms with Crippen LogP contribution < -0.4 is 20.1 Å². The lowest BCUT2D eigenvalue weighted by molar-refractivity contribution is -0.119. The van der Waals surface area contributed by atoms with Crippen molar-refractivity contribution in [3.8, 4) is 5.88 Å². The van der Waals surface area contributed by atoms with Crippen LogP contribution in [-0.4, -0.2) is 36.5 Å². The van der Waals surface area contributed by atoms with Crippen molar-refractivity contribution in [3.05, 3.63) is 72.6 Å². The Morgan fingerprint density at radius 3 is 2.47 bits per heavy atom. The zero-order chi connectivity index (χ0) is 23.0. The maximum Gasteiger partial charge on any atom is 0.263 e. The average molecular weight is 472 g/mol. The molecule has 32 heavy (non-hydrogen) atoms. The fourth-order valence-corrected chi connectivity index (χ4v) is 3.91. The van der Waals surface area contributed by atoms with Gasteiger partial charge in [-0.2, -0.15) is 0 Å². The first-order valence-electron chi connectivity index (χ1n) is 9.49. The molecule has 166 valence electrons. The molecule has 0 unspecified atom stereocenters. The van der Waals surface area contributed by atoms with E-state index >= 15 is 0 Å². The van der Waals surface area contributed by atoms with E-state index in [1.54, 1.807) is 0 Å². The van der Waals surface area contributed by atoms with Gasteiger partial charge in [-0.25, -0.2) is 18.4 Å². The van der Waals surface area contributed by atoms with Crippen molar-refractivity contribution >= 4 is 44.8 Å². The molecule has 0 bridgehead atoms. The van der Waals surface area contributed by atoms with Crippen LogP contribution in [0.25, 0.3) is 0 Å². The van der Waals surface area contributed by atoms with Crippen molar-refractivity contribution in [3.63, 3.8) is 0 Å². The number of carbonyl (C=O) groups excluding carboxylic acids is 1. The molecule has 0 saturated heterocycles. The number of carbonyl (C=O) groups is 1. The number of aromatic nitrogens is 2. The second-order valence-corrected chi connectivity index (χ2v) is 8.65. The summed E-state index contributed by atoms with van der Waals surface area (Å²) in [4.78, 5) is 19.8. The highest BCUT2D eigenvalue weighted by Crippen LogP contribution is 2.18. The molecule has 0 saturated carbocycles. The first kappa shape index (κ1) is 23.1. The topological polar surface area (TPSA) is 122 Å². The van der Waals surface area contributed by atoms with Crippen LogP contribution in [0.15, 0.2) is 71.9 Å². The van der Waals surface area contributed by atoms with Crippen molar-refractivity contribution < 1.29 is 17.9 Å². The minimum Gasteiger partial charge on any atom is -0.481 e. The third kappa shape index (κ3) is 6.72. The summed E-state index contributed by atoms with van der Waals surface area (Å²) < 4.78 is 32.4. The molecule has 1 aromatic heterocycles. The molecule has 0 spiro atoms. The zero-order valence-electron chi connectivity index (χ0n) is 17.1. The second kappa shape index (κ2) is 10.6. The average Bonchev–Trinajstić information content (AvgIpc) is 2.78. The summed E-state index contributed by atoms with van der Waals surface area (Å²) >= 11 is 5.16. The third-order valence-corrected chi connectivity index (χ3v) is 5.82. The predicted molar refractivity (Wildman–Crippen MR) is 125 cm³/mol. The monoisotopic (exact) mass is 471 g/mol. The molecular formula is C21H21N5O4S2. The highest BCUT2D eigenvalue weighted by Gasteiger charge is 2.15. The SMILES string of the molecule is COc1cc(NS(=O)(=O)c2ccc(NC(=S)NC(=O)CCc3ccccc3)cc2)ncn1. The normalized spacial score (nSPS) is 10.8. The van der Waals surface area contributed by atoms with E-state index in [1.807, 2.05) is 30.3 Å². The molecule has 9 nitrogen and oxygen atoms in total. The van der Waals surface area contributed by atoms with Gasteiger partial charge in [-0.15, -0.1) is 0 Å². The number of aryl methyl sites for hydroxylation is 1. The van der Waals surface area contributed by atoms with Crippen molar-refractivity contribution in [1.29, 1.82) is 0 Å². The first-order chi connectivity index (χ1) is 15.4. The standard InChI is InChI=1S/C21H21N5O4S2/c1-30-20-13-18(22-14-23-20)26-32(28,29)17-10-8-16(9-11-17)24-21(31)25-19(27)12-7-15-5-3-2-4-6-15/h2-6,8-11,13-14H,7,12H2,1H3,(H,22,23,26)(H2,24,25,27,31). The molecule has 0 atom stereocenters. The summed E-state index contributed by atoms with van der Waals surface area (Å²) in [6.45, 7) is 0. The Hall–Kier alpha value is -3.57. The number of anilines is 2. The fourth-order valence-electron chi connectivity index (χ4n) is 2.67. The molecule has 0 aliphatic heterocycles. The van der Waals surface area contributed by atoms with Crippen LogP contribution in [-0.2, 0) is 21.2 Å². The Bertz CT molecular complexity index is 1190. The van der Waals surface area contributed by atoms with Gasteiger partial charge in [-0.3, -0.25) is 9.52 Å². The number of amides is 1. The van der Waals surface area contributed by atoms with Gasteiger partial charge in [0.1, 0.15) is 12.1 Å². The van der Waals surface area contributed by atoms with Gasteiger partial charge < -0.3 is 15.4 Å². The van der Waals surface area contributed by atoms with Gasteiger partial charge in [0.15, 0.2) is 5.11 Å². The number of ether oxygens (including phenoxy) is 1. The first-order valence-corrected chi connectivity index (χ1v) is 11.4. The Balaban J connectivity index is 1.54. The van der Waals surface area contributed by atoms with Gasteiger partial charge >= 0.3 is 0 Å². The molecule has 0 aliphatic carbocycles. The molecule has 3 N–H and O–H groups in total. The molecule has 0 radical (unpaired) electrons. The quantitative estimate of drug-likeness (QED) is 0.429. The van der Waals surface area contributed by atoms with E-state index in [4.69, 9.17) is 17.0 Å². The lowest BCUT2D eigenvalue weighted by atomic mass is 10.1. The minimum absolute atomic E-state index is 0.0263. The number of rotatable bonds is 8. The van der Waals surface area contributed by atoms with Crippen LogP contribution in [0.1, 0.15) is 12.0 Å². The lowest BCUT2D eigenvalue weighted by Crippen LogP contribution is -2.34. The zero-order valence-corrected chi connectivity index (χ0v) is 18.7. The summed E-state index contributed by atoms with van der Waals surface area (Å²) in [5.41, 5.74) is 1.59. The van der Waals surface area contributed by atoms with Crippen molar-refractivity contribution in [2.75, 3.05) is 17.1 Å². The Morgan fingerprint density at radius 1 is 1.06 bits per heavy atom. The summed E-state index contributed by atoms with van der Waals surface area (Å²) in [6.07, 6.45) is 2.09. The van der Waals surface area contributed by atoms with Crippen LogP contribution in [0.5, 0.6) is 5.88 Å². The molecule has 11 heteroatoms. The smallest absolute Gasteiger partial charge is 0.263 e. The number of nitrogens with one attached hydrogen (secondary N) is 3. The Morgan fingerprint density at radius 2 is 1.78 bits per heavy atom. The van der Waals surface area contributed by atoms with Gasteiger partial charge in [0.25, 0.3) is 10.0 Å². The van der Waals surface area contributed by atoms with Crippen LogP contribution >= 0.6 is 12.2 Å². The van der Waals surface area contributed by atoms with Gasteiger partial charge in [0.2, 0.25) is 11.8 Å². The largest absolute Gasteiger partial charge is 0.481 e. The fraction of sp³-hybridized carbons (Fsp3) is 0.143. The van der Waals surface area contributed by atoms with Crippen LogP contribution in [0.3, 0.4) is 0 Å². The maximum atomic E-state index is 12.6. The highest BCUT2D eigenvalue weighted by atomic mass is 32.2. The highest BCUT2D eigenvalue weighted by molar-refractivity contribution is 7.92. The van der Waals surface area contributed by atoms with Crippen LogP contribution in [0.4, 0.5) is 11.5 Å². The second-order valence-electron chi connectivity index (χ2n) is 6.56. The van der Waals surface area contributed by atoms with Crippen molar-refractivity contribution in [1.82, 2.24) is 15.3 Å². The van der Waals surface area contributed by atoms with Crippen molar-refractivity contribution in [2.45, 2.75) is 17.7 Å².